The van der Waals surface area contributed by atoms with E-state index in [1.54, 1.807) is 6.07 Å². The molecule has 1 N–H and O–H groups in total. The van der Waals surface area contributed by atoms with Crippen LogP contribution in [-0.4, -0.2) is 31.1 Å². The molecule has 0 saturated heterocycles. The van der Waals surface area contributed by atoms with Crippen molar-refractivity contribution in [1.29, 1.82) is 5.26 Å². The largest absolute Gasteiger partial charge is 0.382 e. The second-order valence-electron chi connectivity index (χ2n) is 4.83. The van der Waals surface area contributed by atoms with E-state index >= 15 is 0 Å². The molecule has 0 unspecified atom stereocenters. The fourth-order valence-corrected chi connectivity index (χ4v) is 1.47. The van der Waals surface area contributed by atoms with Gasteiger partial charge in [-0.1, -0.05) is 17.7 Å². The van der Waals surface area contributed by atoms with Crippen molar-refractivity contribution >= 4 is 17.3 Å². The van der Waals surface area contributed by atoms with Gasteiger partial charge < -0.3 is 10.2 Å². The molecule has 0 saturated carbocycles. The van der Waals surface area contributed by atoms with Gasteiger partial charge in [0, 0.05) is 12.1 Å². The van der Waals surface area contributed by atoms with Gasteiger partial charge >= 0.3 is 0 Å². The highest BCUT2D eigenvalue weighted by atomic mass is 35.5. The smallest absolute Gasteiger partial charge is 0.103 e. The van der Waals surface area contributed by atoms with Crippen molar-refractivity contribution in [2.24, 2.45) is 0 Å². The lowest BCUT2D eigenvalue weighted by atomic mass is 10.0. The molecule has 17 heavy (non-hydrogen) atoms. The van der Waals surface area contributed by atoms with Gasteiger partial charge in [-0.2, -0.15) is 5.26 Å². The quantitative estimate of drug-likeness (QED) is 0.894. The summed E-state index contributed by atoms with van der Waals surface area (Å²) < 4.78 is 0. The van der Waals surface area contributed by atoms with Crippen molar-refractivity contribution in [3.8, 4) is 6.07 Å². The van der Waals surface area contributed by atoms with E-state index < -0.39 is 0 Å². The molecule has 0 aliphatic rings. The van der Waals surface area contributed by atoms with E-state index in [9.17, 15) is 0 Å². The van der Waals surface area contributed by atoms with Crippen LogP contribution in [0.1, 0.15) is 19.4 Å². The third-order valence-corrected chi connectivity index (χ3v) is 3.36. The minimum atomic E-state index is 0.00897. The third-order valence-electron chi connectivity index (χ3n) is 3.05. The number of rotatable bonds is 4. The van der Waals surface area contributed by atoms with E-state index in [1.807, 2.05) is 26.2 Å². The standard InChI is InChI=1S/C13H18ClN3/c1-13(2,17(3)4)9-16-12-7-5-6-11(14)10(12)8-15/h5-7,16H,9H2,1-4H3. The van der Waals surface area contributed by atoms with Crippen molar-refractivity contribution in [2.45, 2.75) is 19.4 Å². The van der Waals surface area contributed by atoms with Crippen LogP contribution in [0.2, 0.25) is 5.02 Å². The van der Waals surface area contributed by atoms with Gasteiger partial charge in [0.1, 0.15) is 6.07 Å². The SMILES string of the molecule is CN(C)C(C)(C)CNc1cccc(Cl)c1C#N. The molecule has 92 valence electrons. The summed E-state index contributed by atoms with van der Waals surface area (Å²) in [6.45, 7) is 5.02. The zero-order valence-corrected chi connectivity index (χ0v) is 11.5. The summed E-state index contributed by atoms with van der Waals surface area (Å²) in [5.74, 6) is 0. The Morgan fingerprint density at radius 2 is 2.06 bits per heavy atom. The summed E-state index contributed by atoms with van der Waals surface area (Å²) in [6, 6.07) is 7.56. The molecule has 0 heterocycles. The highest BCUT2D eigenvalue weighted by Gasteiger charge is 2.20. The van der Waals surface area contributed by atoms with Crippen LogP contribution in [0.5, 0.6) is 0 Å². The second-order valence-corrected chi connectivity index (χ2v) is 5.24. The number of hydrogen-bond acceptors (Lipinski definition) is 3. The lowest BCUT2D eigenvalue weighted by Crippen LogP contribution is -2.44. The number of nitrogens with one attached hydrogen (secondary N) is 1. The third kappa shape index (κ3) is 3.36. The fraction of sp³-hybridized carbons (Fsp3) is 0.462. The Kier molecular flexibility index (Phi) is 4.39. The minimum absolute atomic E-state index is 0.00897. The fourth-order valence-electron chi connectivity index (χ4n) is 1.25. The molecule has 0 atom stereocenters. The molecule has 0 fully saturated rings. The molecule has 1 aromatic carbocycles. The number of benzene rings is 1. The average Bonchev–Trinajstić information content (AvgIpc) is 2.26. The molecule has 1 aromatic rings. The predicted molar refractivity (Wildman–Crippen MR) is 72.4 cm³/mol. The van der Waals surface area contributed by atoms with Gasteiger partial charge in [0.05, 0.1) is 16.3 Å². The summed E-state index contributed by atoms with van der Waals surface area (Å²) in [5, 5.41) is 12.8. The van der Waals surface area contributed by atoms with Gasteiger partial charge in [-0.15, -0.1) is 0 Å². The van der Waals surface area contributed by atoms with Gasteiger partial charge in [0.15, 0.2) is 0 Å². The summed E-state index contributed by atoms with van der Waals surface area (Å²) >= 11 is 5.97. The van der Waals surface area contributed by atoms with Gasteiger partial charge in [0.2, 0.25) is 0 Å². The van der Waals surface area contributed by atoms with Crippen LogP contribution >= 0.6 is 11.6 Å². The molecule has 0 radical (unpaired) electrons. The number of nitrogens with zero attached hydrogens (tertiary/aromatic N) is 2. The van der Waals surface area contributed by atoms with Gasteiger partial charge in [-0.25, -0.2) is 0 Å². The van der Waals surface area contributed by atoms with Crippen molar-refractivity contribution in [2.75, 3.05) is 26.0 Å². The zero-order valence-electron chi connectivity index (χ0n) is 10.7. The average molecular weight is 252 g/mol. The van der Waals surface area contributed by atoms with Crippen LogP contribution in [0.3, 0.4) is 0 Å². The molecule has 0 aliphatic carbocycles. The maximum atomic E-state index is 9.05. The molecular weight excluding hydrogens is 234 g/mol. The molecule has 4 heteroatoms. The van der Waals surface area contributed by atoms with E-state index in [0.717, 1.165) is 12.2 Å². The first-order valence-corrected chi connectivity index (χ1v) is 5.86. The van der Waals surface area contributed by atoms with Crippen LogP contribution in [0.4, 0.5) is 5.69 Å². The number of nitriles is 1. The van der Waals surface area contributed by atoms with E-state index in [4.69, 9.17) is 16.9 Å². The van der Waals surface area contributed by atoms with E-state index in [0.29, 0.717) is 10.6 Å². The normalized spacial score (nSPS) is 11.4. The first-order chi connectivity index (χ1) is 7.88. The topological polar surface area (TPSA) is 39.1 Å². The monoisotopic (exact) mass is 251 g/mol. The predicted octanol–water partition coefficient (Wildman–Crippen LogP) is 2.96. The van der Waals surface area contributed by atoms with Crippen molar-refractivity contribution in [3.63, 3.8) is 0 Å². The van der Waals surface area contributed by atoms with Crippen LogP contribution in [0.15, 0.2) is 18.2 Å². The molecule has 0 spiro atoms. The molecule has 3 nitrogen and oxygen atoms in total. The van der Waals surface area contributed by atoms with Crippen molar-refractivity contribution in [1.82, 2.24) is 4.90 Å². The number of halogens is 1. The van der Waals surface area contributed by atoms with Gasteiger partial charge in [0.25, 0.3) is 0 Å². The zero-order chi connectivity index (χ0) is 13.1. The number of likely N-dealkylation sites (N-methyl/N-ethyl adjacent to an activating group) is 1. The number of anilines is 1. The van der Waals surface area contributed by atoms with E-state index in [1.165, 1.54) is 0 Å². The van der Waals surface area contributed by atoms with Crippen LogP contribution in [0, 0.1) is 11.3 Å². The van der Waals surface area contributed by atoms with Crippen LogP contribution in [-0.2, 0) is 0 Å². The van der Waals surface area contributed by atoms with Crippen molar-refractivity contribution in [3.05, 3.63) is 28.8 Å². The van der Waals surface area contributed by atoms with Gasteiger partial charge in [-0.3, -0.25) is 0 Å². The summed E-state index contributed by atoms with van der Waals surface area (Å²) in [5.41, 5.74) is 1.30. The molecule has 0 bridgehead atoms. The Hall–Kier alpha value is -1.24. The summed E-state index contributed by atoms with van der Waals surface area (Å²) in [4.78, 5) is 2.14. The Balaban J connectivity index is 2.84. The van der Waals surface area contributed by atoms with E-state index in [-0.39, 0.29) is 5.54 Å². The highest BCUT2D eigenvalue weighted by molar-refractivity contribution is 6.32. The first kappa shape index (κ1) is 13.8. The maximum Gasteiger partial charge on any atom is 0.103 e. The first-order valence-electron chi connectivity index (χ1n) is 5.48. The van der Waals surface area contributed by atoms with Crippen molar-refractivity contribution < 1.29 is 0 Å². The summed E-state index contributed by atoms with van der Waals surface area (Å²) in [7, 11) is 4.07. The van der Waals surface area contributed by atoms with Crippen LogP contribution < -0.4 is 5.32 Å². The Morgan fingerprint density at radius 3 is 2.59 bits per heavy atom. The Bertz CT molecular complexity index is 433. The van der Waals surface area contributed by atoms with Gasteiger partial charge in [-0.05, 0) is 40.1 Å². The molecule has 1 rings (SSSR count). The summed E-state index contributed by atoms with van der Waals surface area (Å²) in [6.07, 6.45) is 0. The Morgan fingerprint density at radius 1 is 1.41 bits per heavy atom. The molecule has 0 aliphatic heterocycles. The highest BCUT2D eigenvalue weighted by Crippen LogP contribution is 2.24. The minimum Gasteiger partial charge on any atom is -0.382 e. The van der Waals surface area contributed by atoms with Crippen LogP contribution in [0.25, 0.3) is 0 Å². The molecule has 0 amide bonds. The lowest BCUT2D eigenvalue weighted by Gasteiger charge is -2.33. The van der Waals surface area contributed by atoms with E-state index in [2.05, 4.69) is 30.1 Å². The Labute approximate surface area is 108 Å². The molecule has 0 aromatic heterocycles. The number of hydrogen-bond donors (Lipinski definition) is 1. The lowest BCUT2D eigenvalue weighted by molar-refractivity contribution is 0.210. The second kappa shape index (κ2) is 5.39. The molecular formula is C13H18ClN3. The maximum absolute atomic E-state index is 9.05.